The van der Waals surface area contributed by atoms with Crippen LogP contribution in [0.2, 0.25) is 5.02 Å². The van der Waals surface area contributed by atoms with Gasteiger partial charge in [-0.3, -0.25) is 4.79 Å². The molecule has 0 bridgehead atoms. The summed E-state index contributed by atoms with van der Waals surface area (Å²) < 4.78 is 0. The molecule has 0 aliphatic heterocycles. The molecule has 2 aromatic rings. The number of phenols is 1. The number of hydrogen-bond acceptors (Lipinski definition) is 4. The van der Waals surface area contributed by atoms with Crippen LogP contribution >= 0.6 is 23.4 Å². The van der Waals surface area contributed by atoms with Crippen LogP contribution in [0.3, 0.4) is 0 Å². The number of thioether (sulfide) groups is 1. The third kappa shape index (κ3) is 5.13. The van der Waals surface area contributed by atoms with E-state index in [1.54, 1.807) is 36.4 Å². The first kappa shape index (κ1) is 15.4. The van der Waals surface area contributed by atoms with E-state index in [1.165, 1.54) is 18.0 Å². The Hall–Kier alpha value is -1.98. The smallest absolute Gasteiger partial charge is 0.250 e. The zero-order chi connectivity index (χ0) is 15.1. The minimum atomic E-state index is -0.221. The van der Waals surface area contributed by atoms with Crippen LogP contribution in [0.25, 0.3) is 0 Å². The number of rotatable bonds is 5. The zero-order valence-electron chi connectivity index (χ0n) is 11.0. The Bertz CT molecular complexity index is 644. The quantitative estimate of drug-likeness (QED) is 0.505. The summed E-state index contributed by atoms with van der Waals surface area (Å²) in [4.78, 5) is 12.6. The molecule has 0 aromatic heterocycles. The number of nitrogens with zero attached hydrogens (tertiary/aromatic N) is 1. The van der Waals surface area contributed by atoms with Gasteiger partial charge in [0.05, 0.1) is 12.0 Å². The predicted octanol–water partition coefficient (Wildman–Crippen LogP) is 3.29. The molecule has 0 atom stereocenters. The number of aromatic hydroxyl groups is 1. The number of carbonyl (C=O) groups is 1. The summed E-state index contributed by atoms with van der Waals surface area (Å²) in [5.41, 5.74) is 2.96. The molecule has 2 N–H and O–H groups in total. The van der Waals surface area contributed by atoms with Crippen LogP contribution in [-0.4, -0.2) is 23.0 Å². The molecule has 0 aliphatic carbocycles. The largest absolute Gasteiger partial charge is 0.507 e. The highest BCUT2D eigenvalue weighted by molar-refractivity contribution is 8.00. The number of para-hydroxylation sites is 1. The van der Waals surface area contributed by atoms with Crippen molar-refractivity contribution in [1.29, 1.82) is 0 Å². The molecular formula is C15H13ClN2O2S. The zero-order valence-corrected chi connectivity index (χ0v) is 12.6. The maximum atomic E-state index is 11.6. The summed E-state index contributed by atoms with van der Waals surface area (Å²) in [7, 11) is 0. The Morgan fingerprint density at radius 2 is 1.95 bits per heavy atom. The summed E-state index contributed by atoms with van der Waals surface area (Å²) in [5, 5.41) is 14.0. The normalized spacial score (nSPS) is 10.7. The van der Waals surface area contributed by atoms with Crippen molar-refractivity contribution in [2.24, 2.45) is 5.10 Å². The fraction of sp³-hybridized carbons (Fsp3) is 0.0667. The van der Waals surface area contributed by atoms with Crippen molar-refractivity contribution in [1.82, 2.24) is 5.43 Å². The number of amides is 1. The van der Waals surface area contributed by atoms with Gasteiger partial charge in [-0.2, -0.15) is 5.10 Å². The molecule has 2 aromatic carbocycles. The number of halogens is 1. The molecule has 0 radical (unpaired) electrons. The van der Waals surface area contributed by atoms with Crippen LogP contribution < -0.4 is 5.43 Å². The fourth-order valence-corrected chi connectivity index (χ4v) is 2.30. The van der Waals surface area contributed by atoms with Crippen molar-refractivity contribution in [2.75, 3.05) is 5.75 Å². The lowest BCUT2D eigenvalue weighted by Crippen LogP contribution is -2.19. The van der Waals surface area contributed by atoms with E-state index in [4.69, 9.17) is 11.6 Å². The molecule has 108 valence electrons. The van der Waals surface area contributed by atoms with Crippen LogP contribution in [0.15, 0.2) is 58.5 Å². The van der Waals surface area contributed by atoms with Gasteiger partial charge in [-0.25, -0.2) is 5.43 Å². The Morgan fingerprint density at radius 1 is 1.24 bits per heavy atom. The summed E-state index contributed by atoms with van der Waals surface area (Å²) in [5.74, 6) is 0.146. The van der Waals surface area contributed by atoms with Crippen molar-refractivity contribution in [2.45, 2.75) is 4.90 Å². The van der Waals surface area contributed by atoms with Crippen molar-refractivity contribution in [3.05, 3.63) is 59.1 Å². The van der Waals surface area contributed by atoms with Gasteiger partial charge in [-0.15, -0.1) is 11.8 Å². The summed E-state index contributed by atoms with van der Waals surface area (Å²) >= 11 is 7.18. The minimum absolute atomic E-state index is 0.117. The number of benzene rings is 2. The molecule has 4 nitrogen and oxygen atoms in total. The van der Waals surface area contributed by atoms with Gasteiger partial charge in [0.25, 0.3) is 0 Å². The van der Waals surface area contributed by atoms with E-state index in [0.717, 1.165) is 4.90 Å². The first-order chi connectivity index (χ1) is 10.1. The summed E-state index contributed by atoms with van der Waals surface area (Å²) in [6.45, 7) is 0. The average molecular weight is 321 g/mol. The van der Waals surface area contributed by atoms with Crippen LogP contribution in [0.1, 0.15) is 5.56 Å². The van der Waals surface area contributed by atoms with Crippen LogP contribution in [-0.2, 0) is 4.79 Å². The third-order valence-electron chi connectivity index (χ3n) is 2.51. The SMILES string of the molecule is O=C(CSc1ccc(Cl)cc1)N/N=C/c1ccccc1O. The highest BCUT2D eigenvalue weighted by atomic mass is 35.5. The Labute approximate surface area is 131 Å². The molecule has 6 heteroatoms. The highest BCUT2D eigenvalue weighted by Crippen LogP contribution is 2.19. The molecule has 0 unspecified atom stereocenters. The molecule has 0 spiro atoms. The lowest BCUT2D eigenvalue weighted by atomic mass is 10.2. The maximum absolute atomic E-state index is 11.6. The van der Waals surface area contributed by atoms with Crippen LogP contribution in [0.5, 0.6) is 5.75 Å². The van der Waals surface area contributed by atoms with Gasteiger partial charge in [-0.05, 0) is 36.4 Å². The van der Waals surface area contributed by atoms with Gasteiger partial charge in [0.2, 0.25) is 5.91 Å². The monoisotopic (exact) mass is 320 g/mol. The van der Waals surface area contributed by atoms with Gasteiger partial charge < -0.3 is 5.11 Å². The van der Waals surface area contributed by atoms with Crippen molar-refractivity contribution < 1.29 is 9.90 Å². The van der Waals surface area contributed by atoms with E-state index in [2.05, 4.69) is 10.5 Å². The minimum Gasteiger partial charge on any atom is -0.507 e. The number of nitrogens with one attached hydrogen (secondary N) is 1. The first-order valence-corrected chi connectivity index (χ1v) is 7.50. The second-order valence-corrected chi connectivity index (χ2v) is 5.58. The van der Waals surface area contributed by atoms with Crippen LogP contribution in [0, 0.1) is 0 Å². The lowest BCUT2D eigenvalue weighted by Gasteiger charge is -2.01. The molecule has 21 heavy (non-hydrogen) atoms. The average Bonchev–Trinajstić information content (AvgIpc) is 2.49. The predicted molar refractivity (Wildman–Crippen MR) is 86.0 cm³/mol. The van der Waals surface area contributed by atoms with E-state index >= 15 is 0 Å². The molecule has 0 aliphatic rings. The van der Waals surface area contributed by atoms with Gasteiger partial charge >= 0.3 is 0 Å². The maximum Gasteiger partial charge on any atom is 0.250 e. The number of carbonyl (C=O) groups excluding carboxylic acids is 1. The van der Waals surface area contributed by atoms with Crippen molar-refractivity contribution >= 4 is 35.5 Å². The van der Waals surface area contributed by atoms with E-state index < -0.39 is 0 Å². The first-order valence-electron chi connectivity index (χ1n) is 6.13. The van der Waals surface area contributed by atoms with Crippen molar-refractivity contribution in [3.8, 4) is 5.75 Å². The molecule has 2 rings (SSSR count). The van der Waals surface area contributed by atoms with Gasteiger partial charge in [0, 0.05) is 15.5 Å². The van der Waals surface area contributed by atoms with Gasteiger partial charge in [-0.1, -0.05) is 23.7 Å². The Kier molecular flexibility index (Phi) is 5.66. The van der Waals surface area contributed by atoms with Gasteiger partial charge in [0.15, 0.2) is 0 Å². The van der Waals surface area contributed by atoms with E-state index in [1.807, 2.05) is 12.1 Å². The number of phenolic OH excluding ortho intramolecular Hbond substituents is 1. The van der Waals surface area contributed by atoms with Crippen molar-refractivity contribution in [3.63, 3.8) is 0 Å². The number of hydrogen-bond donors (Lipinski definition) is 2. The third-order valence-corrected chi connectivity index (χ3v) is 3.78. The number of hydrazone groups is 1. The van der Waals surface area contributed by atoms with E-state index in [-0.39, 0.29) is 17.4 Å². The van der Waals surface area contributed by atoms with E-state index in [9.17, 15) is 9.90 Å². The molecular weight excluding hydrogens is 308 g/mol. The summed E-state index contributed by atoms with van der Waals surface area (Å²) in [6.07, 6.45) is 1.40. The molecule has 0 saturated carbocycles. The fourth-order valence-electron chi connectivity index (χ4n) is 1.48. The molecule has 0 saturated heterocycles. The Morgan fingerprint density at radius 3 is 2.67 bits per heavy atom. The molecule has 0 fully saturated rings. The molecule has 0 heterocycles. The summed E-state index contributed by atoms with van der Waals surface area (Å²) in [6, 6.07) is 14.0. The van der Waals surface area contributed by atoms with Gasteiger partial charge in [0.1, 0.15) is 5.75 Å². The lowest BCUT2D eigenvalue weighted by molar-refractivity contribution is -0.118. The molecule has 1 amide bonds. The topological polar surface area (TPSA) is 61.7 Å². The Balaban J connectivity index is 1.80. The van der Waals surface area contributed by atoms with Crippen LogP contribution in [0.4, 0.5) is 0 Å². The second kappa shape index (κ2) is 7.71. The standard InChI is InChI=1S/C15H13ClN2O2S/c16-12-5-7-13(8-6-12)21-10-15(20)18-17-9-11-3-1-2-4-14(11)19/h1-9,19H,10H2,(H,18,20)/b17-9+. The van der Waals surface area contributed by atoms with E-state index in [0.29, 0.717) is 10.6 Å². The second-order valence-electron chi connectivity index (χ2n) is 4.09. The highest BCUT2D eigenvalue weighted by Gasteiger charge is 2.02.